The molecule has 0 radical (unpaired) electrons. The number of para-hydroxylation sites is 1. The van der Waals surface area contributed by atoms with E-state index >= 15 is 0 Å². The van der Waals surface area contributed by atoms with E-state index in [2.05, 4.69) is 15.3 Å². The summed E-state index contributed by atoms with van der Waals surface area (Å²) in [5.74, 6) is -1.25. The third kappa shape index (κ3) is 2.91. The molecular weight excluding hydrogens is 294 g/mol. The lowest BCUT2D eigenvalue weighted by Crippen LogP contribution is -2.23. The smallest absolute Gasteiger partial charge is 0.335 e. The van der Waals surface area contributed by atoms with Crippen LogP contribution in [-0.2, 0) is 6.54 Å². The number of amides is 1. The first-order valence-corrected chi connectivity index (χ1v) is 7.09. The molecule has 0 aliphatic heterocycles. The van der Waals surface area contributed by atoms with Crippen molar-refractivity contribution in [3.63, 3.8) is 0 Å². The maximum absolute atomic E-state index is 12.2. The number of nitrogens with one attached hydrogen (secondary N) is 2. The molecule has 1 heterocycles. The number of carbonyl (C=O) groups excluding carboxylic acids is 1. The molecule has 6 heteroatoms. The summed E-state index contributed by atoms with van der Waals surface area (Å²) in [5, 5.41) is 11.8. The first kappa shape index (κ1) is 14.8. The maximum atomic E-state index is 12.2. The SMILES string of the molecule is Cc1cc(C(=O)NCc2cccc3[nH]cnc23)ccc1C(=O)O. The van der Waals surface area contributed by atoms with Gasteiger partial charge in [-0.15, -0.1) is 0 Å². The standard InChI is InChI=1S/C17H15N3O3/c1-10-7-11(5-6-13(10)17(22)23)16(21)18-8-12-3-2-4-14-15(12)20-9-19-14/h2-7,9H,8H2,1H3,(H,18,21)(H,19,20)(H,22,23). The van der Waals surface area contributed by atoms with Crippen LogP contribution in [0.25, 0.3) is 11.0 Å². The van der Waals surface area contributed by atoms with Crippen LogP contribution in [0.2, 0.25) is 0 Å². The van der Waals surface area contributed by atoms with Gasteiger partial charge in [0, 0.05) is 12.1 Å². The zero-order chi connectivity index (χ0) is 16.4. The van der Waals surface area contributed by atoms with E-state index in [1.807, 2.05) is 18.2 Å². The summed E-state index contributed by atoms with van der Waals surface area (Å²) in [4.78, 5) is 30.5. The molecule has 0 unspecified atom stereocenters. The molecule has 0 atom stereocenters. The number of rotatable bonds is 4. The highest BCUT2D eigenvalue weighted by Gasteiger charge is 2.12. The van der Waals surface area contributed by atoms with Crippen molar-refractivity contribution < 1.29 is 14.7 Å². The Morgan fingerprint density at radius 1 is 1.26 bits per heavy atom. The van der Waals surface area contributed by atoms with E-state index in [0.29, 0.717) is 17.7 Å². The molecule has 3 rings (SSSR count). The molecule has 0 saturated heterocycles. The summed E-state index contributed by atoms with van der Waals surface area (Å²) in [6.07, 6.45) is 1.62. The van der Waals surface area contributed by atoms with Crippen LogP contribution in [0.4, 0.5) is 0 Å². The number of aromatic carboxylic acids is 1. The molecule has 0 fully saturated rings. The molecule has 0 bridgehead atoms. The van der Waals surface area contributed by atoms with Gasteiger partial charge in [0.1, 0.15) is 0 Å². The number of aromatic nitrogens is 2. The summed E-state index contributed by atoms with van der Waals surface area (Å²) in [5.41, 5.74) is 3.84. The molecular formula is C17H15N3O3. The van der Waals surface area contributed by atoms with Crippen molar-refractivity contribution in [1.29, 1.82) is 0 Å². The van der Waals surface area contributed by atoms with E-state index < -0.39 is 5.97 Å². The fourth-order valence-corrected chi connectivity index (χ4v) is 2.49. The zero-order valence-electron chi connectivity index (χ0n) is 12.5. The van der Waals surface area contributed by atoms with Crippen LogP contribution in [0, 0.1) is 6.92 Å². The molecule has 6 nitrogen and oxygen atoms in total. The highest BCUT2D eigenvalue weighted by atomic mass is 16.4. The first-order chi connectivity index (χ1) is 11.1. The Bertz CT molecular complexity index is 899. The lowest BCUT2D eigenvalue weighted by molar-refractivity contribution is 0.0695. The van der Waals surface area contributed by atoms with Gasteiger partial charge < -0.3 is 15.4 Å². The number of aromatic amines is 1. The number of aryl methyl sites for hydroxylation is 1. The monoisotopic (exact) mass is 309 g/mol. The quantitative estimate of drug-likeness (QED) is 0.690. The summed E-state index contributed by atoms with van der Waals surface area (Å²) >= 11 is 0. The minimum Gasteiger partial charge on any atom is -0.478 e. The van der Waals surface area contributed by atoms with Crippen LogP contribution in [0.3, 0.4) is 0 Å². The normalized spacial score (nSPS) is 10.7. The third-order valence-corrected chi connectivity index (χ3v) is 3.69. The van der Waals surface area contributed by atoms with Crippen molar-refractivity contribution in [2.45, 2.75) is 13.5 Å². The second kappa shape index (κ2) is 5.92. The largest absolute Gasteiger partial charge is 0.478 e. The van der Waals surface area contributed by atoms with Crippen LogP contribution in [0.1, 0.15) is 31.8 Å². The predicted molar refractivity (Wildman–Crippen MR) is 85.4 cm³/mol. The predicted octanol–water partition coefficient (Wildman–Crippen LogP) is 2.50. The molecule has 1 amide bonds. The van der Waals surface area contributed by atoms with Gasteiger partial charge in [-0.3, -0.25) is 4.79 Å². The lowest BCUT2D eigenvalue weighted by atomic mass is 10.0. The first-order valence-electron chi connectivity index (χ1n) is 7.09. The van der Waals surface area contributed by atoms with E-state index in [1.54, 1.807) is 19.3 Å². The average molecular weight is 309 g/mol. The average Bonchev–Trinajstić information content (AvgIpc) is 3.01. The summed E-state index contributed by atoms with van der Waals surface area (Å²) in [6, 6.07) is 10.3. The van der Waals surface area contributed by atoms with Crippen molar-refractivity contribution >= 4 is 22.9 Å². The van der Waals surface area contributed by atoms with Crippen molar-refractivity contribution in [3.05, 3.63) is 65.0 Å². The van der Waals surface area contributed by atoms with Crippen molar-refractivity contribution in [2.24, 2.45) is 0 Å². The Hall–Kier alpha value is -3.15. The molecule has 0 aliphatic rings. The number of benzene rings is 2. The number of carboxylic acids is 1. The van der Waals surface area contributed by atoms with Crippen LogP contribution < -0.4 is 5.32 Å². The highest BCUT2D eigenvalue weighted by Crippen LogP contribution is 2.15. The van der Waals surface area contributed by atoms with Crippen LogP contribution in [0.5, 0.6) is 0 Å². The number of carboxylic acid groups (broad SMARTS) is 1. The third-order valence-electron chi connectivity index (χ3n) is 3.69. The molecule has 0 aliphatic carbocycles. The molecule has 116 valence electrons. The molecule has 23 heavy (non-hydrogen) atoms. The van der Waals surface area contributed by atoms with Gasteiger partial charge in [-0.05, 0) is 42.3 Å². The fourth-order valence-electron chi connectivity index (χ4n) is 2.49. The molecule has 3 aromatic rings. The van der Waals surface area contributed by atoms with E-state index in [9.17, 15) is 9.59 Å². The maximum Gasteiger partial charge on any atom is 0.335 e. The number of H-pyrrole nitrogens is 1. The van der Waals surface area contributed by atoms with Gasteiger partial charge in [0.2, 0.25) is 0 Å². The van der Waals surface area contributed by atoms with Gasteiger partial charge in [0.25, 0.3) is 5.91 Å². The summed E-state index contributed by atoms with van der Waals surface area (Å²) < 4.78 is 0. The molecule has 0 spiro atoms. The highest BCUT2D eigenvalue weighted by molar-refractivity contribution is 5.96. The fraction of sp³-hybridized carbons (Fsp3) is 0.118. The van der Waals surface area contributed by atoms with E-state index in [4.69, 9.17) is 5.11 Å². The second-order valence-electron chi connectivity index (χ2n) is 5.23. The van der Waals surface area contributed by atoms with Crippen LogP contribution >= 0.6 is 0 Å². The Balaban J connectivity index is 1.76. The van der Waals surface area contributed by atoms with E-state index in [1.165, 1.54) is 12.1 Å². The van der Waals surface area contributed by atoms with Gasteiger partial charge in [0.05, 0.1) is 22.9 Å². The van der Waals surface area contributed by atoms with Crippen molar-refractivity contribution in [3.8, 4) is 0 Å². The summed E-state index contributed by atoms with van der Waals surface area (Å²) in [7, 11) is 0. The van der Waals surface area contributed by atoms with Gasteiger partial charge in [-0.2, -0.15) is 0 Å². The topological polar surface area (TPSA) is 95.1 Å². The minimum atomic E-state index is -1.00. The second-order valence-corrected chi connectivity index (χ2v) is 5.23. The van der Waals surface area contributed by atoms with E-state index in [-0.39, 0.29) is 11.5 Å². The Morgan fingerprint density at radius 3 is 2.83 bits per heavy atom. The van der Waals surface area contributed by atoms with Gasteiger partial charge in [-0.1, -0.05) is 12.1 Å². The zero-order valence-corrected chi connectivity index (χ0v) is 12.5. The van der Waals surface area contributed by atoms with Crippen molar-refractivity contribution in [1.82, 2.24) is 15.3 Å². The molecule has 0 saturated carbocycles. The number of imidazole rings is 1. The number of nitrogens with zero attached hydrogens (tertiary/aromatic N) is 1. The number of hydrogen-bond donors (Lipinski definition) is 3. The van der Waals surface area contributed by atoms with E-state index in [0.717, 1.165) is 16.6 Å². The van der Waals surface area contributed by atoms with Gasteiger partial charge >= 0.3 is 5.97 Å². The Morgan fingerprint density at radius 2 is 2.09 bits per heavy atom. The van der Waals surface area contributed by atoms with Crippen LogP contribution in [0.15, 0.2) is 42.7 Å². The molecule has 3 N–H and O–H groups in total. The number of hydrogen-bond acceptors (Lipinski definition) is 3. The molecule has 2 aromatic carbocycles. The lowest BCUT2D eigenvalue weighted by Gasteiger charge is -2.08. The van der Waals surface area contributed by atoms with Gasteiger partial charge in [0.15, 0.2) is 0 Å². The molecule has 1 aromatic heterocycles. The number of carbonyl (C=O) groups is 2. The van der Waals surface area contributed by atoms with Crippen molar-refractivity contribution in [2.75, 3.05) is 0 Å². The Kier molecular flexibility index (Phi) is 3.80. The van der Waals surface area contributed by atoms with Gasteiger partial charge in [-0.25, -0.2) is 9.78 Å². The Labute approximate surface area is 132 Å². The van der Waals surface area contributed by atoms with Crippen LogP contribution in [-0.4, -0.2) is 27.0 Å². The number of fused-ring (bicyclic) bond motifs is 1. The minimum absolute atomic E-state index is 0.197. The summed E-state index contributed by atoms with van der Waals surface area (Å²) in [6.45, 7) is 2.02.